The van der Waals surface area contributed by atoms with Gasteiger partial charge in [-0.05, 0) is 38.6 Å². The van der Waals surface area contributed by atoms with Crippen molar-refractivity contribution in [2.45, 2.75) is 40.2 Å². The minimum absolute atomic E-state index is 0.0485. The van der Waals surface area contributed by atoms with Crippen molar-refractivity contribution in [3.8, 4) is 0 Å². The highest BCUT2D eigenvalue weighted by Crippen LogP contribution is 2.18. The fourth-order valence-electron chi connectivity index (χ4n) is 2.56. The summed E-state index contributed by atoms with van der Waals surface area (Å²) in [5.74, 6) is 0.982. The van der Waals surface area contributed by atoms with Gasteiger partial charge in [0.15, 0.2) is 0 Å². The number of amides is 1. The molecule has 0 aromatic rings. The van der Waals surface area contributed by atoms with E-state index in [2.05, 4.69) is 24.1 Å². The lowest BCUT2D eigenvalue weighted by molar-refractivity contribution is -0.126. The molecule has 0 aliphatic carbocycles. The number of hydrogen-bond donors (Lipinski definition) is 2. The summed E-state index contributed by atoms with van der Waals surface area (Å²) in [6.45, 7) is 12.0. The zero-order chi connectivity index (χ0) is 13.7. The van der Waals surface area contributed by atoms with Gasteiger partial charge in [0.2, 0.25) is 5.91 Å². The molecule has 0 radical (unpaired) electrons. The lowest BCUT2D eigenvalue weighted by Gasteiger charge is -2.21. The van der Waals surface area contributed by atoms with Crippen LogP contribution < -0.4 is 11.1 Å². The molecule has 3 N–H and O–H groups in total. The summed E-state index contributed by atoms with van der Waals surface area (Å²) in [5.41, 5.74) is 5.65. The van der Waals surface area contributed by atoms with Crippen LogP contribution in [-0.2, 0) is 4.79 Å². The quantitative estimate of drug-likeness (QED) is 0.746. The van der Waals surface area contributed by atoms with E-state index in [0.29, 0.717) is 24.4 Å². The molecule has 0 spiro atoms. The Labute approximate surface area is 111 Å². The SMILES string of the molecule is CC(C)C(CN)C(=O)NCC1CCN(C(C)C)C1. The summed E-state index contributed by atoms with van der Waals surface area (Å²) in [4.78, 5) is 14.5. The molecular formula is C14H29N3O. The zero-order valence-electron chi connectivity index (χ0n) is 12.3. The van der Waals surface area contributed by atoms with Crippen LogP contribution >= 0.6 is 0 Å². The molecule has 1 aliphatic rings. The number of carbonyl (C=O) groups is 1. The lowest BCUT2D eigenvalue weighted by atomic mass is 9.95. The van der Waals surface area contributed by atoms with Crippen molar-refractivity contribution in [3.63, 3.8) is 0 Å². The Kier molecular flexibility index (Phi) is 6.09. The van der Waals surface area contributed by atoms with Crippen LogP contribution in [0.2, 0.25) is 0 Å². The van der Waals surface area contributed by atoms with E-state index in [1.165, 1.54) is 6.42 Å². The Morgan fingerprint density at radius 3 is 2.50 bits per heavy atom. The monoisotopic (exact) mass is 255 g/mol. The Bertz CT molecular complexity index is 266. The summed E-state index contributed by atoms with van der Waals surface area (Å²) in [6, 6.07) is 0.609. The number of rotatable bonds is 6. The van der Waals surface area contributed by atoms with E-state index in [1.54, 1.807) is 0 Å². The molecule has 0 saturated carbocycles. The first-order chi connectivity index (χ1) is 8.45. The lowest BCUT2D eigenvalue weighted by Crippen LogP contribution is -2.40. The van der Waals surface area contributed by atoms with Crippen molar-refractivity contribution >= 4 is 5.91 Å². The Balaban J connectivity index is 2.31. The second-order valence-corrected chi connectivity index (χ2v) is 6.07. The summed E-state index contributed by atoms with van der Waals surface area (Å²) in [7, 11) is 0. The predicted molar refractivity (Wildman–Crippen MR) is 75.2 cm³/mol. The first-order valence-electron chi connectivity index (χ1n) is 7.17. The molecule has 1 saturated heterocycles. The highest BCUT2D eigenvalue weighted by Gasteiger charge is 2.26. The molecule has 1 rings (SSSR count). The van der Waals surface area contributed by atoms with E-state index < -0.39 is 0 Å². The molecule has 4 nitrogen and oxygen atoms in total. The number of nitrogens with two attached hydrogens (primary N) is 1. The second kappa shape index (κ2) is 7.10. The molecule has 1 heterocycles. The van der Waals surface area contributed by atoms with Gasteiger partial charge in [-0.1, -0.05) is 13.8 Å². The topological polar surface area (TPSA) is 58.4 Å². The molecule has 1 fully saturated rings. The van der Waals surface area contributed by atoms with Crippen LogP contribution in [0.15, 0.2) is 0 Å². The summed E-state index contributed by atoms with van der Waals surface area (Å²) in [5, 5.41) is 3.07. The van der Waals surface area contributed by atoms with Crippen LogP contribution in [0.5, 0.6) is 0 Å². The third kappa shape index (κ3) is 4.25. The van der Waals surface area contributed by atoms with Gasteiger partial charge in [0, 0.05) is 25.7 Å². The van der Waals surface area contributed by atoms with Gasteiger partial charge >= 0.3 is 0 Å². The first kappa shape index (κ1) is 15.4. The predicted octanol–water partition coefficient (Wildman–Crippen LogP) is 1.06. The standard InChI is InChI=1S/C14H29N3O/c1-10(2)13(7-15)14(18)16-8-12-5-6-17(9-12)11(3)4/h10-13H,5-9,15H2,1-4H3,(H,16,18). The van der Waals surface area contributed by atoms with Crippen LogP contribution in [0.3, 0.4) is 0 Å². The molecule has 106 valence electrons. The van der Waals surface area contributed by atoms with Gasteiger partial charge in [-0.15, -0.1) is 0 Å². The van der Waals surface area contributed by atoms with Crippen LogP contribution in [0.4, 0.5) is 0 Å². The molecule has 1 aliphatic heterocycles. The van der Waals surface area contributed by atoms with Gasteiger partial charge in [-0.25, -0.2) is 0 Å². The Hall–Kier alpha value is -0.610. The minimum atomic E-state index is -0.0485. The van der Waals surface area contributed by atoms with Crippen molar-refractivity contribution < 1.29 is 4.79 Å². The molecule has 1 amide bonds. The highest BCUT2D eigenvalue weighted by molar-refractivity contribution is 5.79. The number of hydrogen-bond acceptors (Lipinski definition) is 3. The molecule has 4 heteroatoms. The van der Waals surface area contributed by atoms with Gasteiger partial charge < -0.3 is 16.0 Å². The van der Waals surface area contributed by atoms with E-state index in [9.17, 15) is 4.79 Å². The number of nitrogens with zero attached hydrogens (tertiary/aromatic N) is 1. The minimum Gasteiger partial charge on any atom is -0.355 e. The summed E-state index contributed by atoms with van der Waals surface area (Å²) in [6.07, 6.45) is 1.19. The van der Waals surface area contributed by atoms with Gasteiger partial charge in [0.25, 0.3) is 0 Å². The van der Waals surface area contributed by atoms with Crippen molar-refractivity contribution in [1.29, 1.82) is 0 Å². The second-order valence-electron chi connectivity index (χ2n) is 6.07. The number of likely N-dealkylation sites (tertiary alicyclic amines) is 1. The van der Waals surface area contributed by atoms with E-state index in [-0.39, 0.29) is 11.8 Å². The van der Waals surface area contributed by atoms with E-state index in [0.717, 1.165) is 19.6 Å². The van der Waals surface area contributed by atoms with E-state index in [4.69, 9.17) is 5.73 Å². The molecule has 2 atom stereocenters. The van der Waals surface area contributed by atoms with Gasteiger partial charge in [0.05, 0.1) is 5.92 Å². The number of carbonyl (C=O) groups excluding carboxylic acids is 1. The van der Waals surface area contributed by atoms with Crippen molar-refractivity contribution in [3.05, 3.63) is 0 Å². The molecule has 18 heavy (non-hydrogen) atoms. The largest absolute Gasteiger partial charge is 0.355 e. The van der Waals surface area contributed by atoms with Crippen LogP contribution in [0.25, 0.3) is 0 Å². The molecule has 0 aromatic carbocycles. The van der Waals surface area contributed by atoms with Crippen molar-refractivity contribution in [2.24, 2.45) is 23.5 Å². The highest BCUT2D eigenvalue weighted by atomic mass is 16.1. The molecule has 2 unspecified atom stereocenters. The Morgan fingerprint density at radius 2 is 2.06 bits per heavy atom. The normalized spacial score (nSPS) is 22.7. The van der Waals surface area contributed by atoms with Crippen LogP contribution in [0.1, 0.15) is 34.1 Å². The summed E-state index contributed by atoms with van der Waals surface area (Å²) >= 11 is 0. The van der Waals surface area contributed by atoms with Gasteiger partial charge in [-0.3, -0.25) is 4.79 Å². The third-order valence-corrected chi connectivity index (χ3v) is 4.01. The van der Waals surface area contributed by atoms with Crippen molar-refractivity contribution in [1.82, 2.24) is 10.2 Å². The average Bonchev–Trinajstić information content (AvgIpc) is 2.75. The maximum Gasteiger partial charge on any atom is 0.224 e. The zero-order valence-corrected chi connectivity index (χ0v) is 12.3. The smallest absolute Gasteiger partial charge is 0.224 e. The number of nitrogens with one attached hydrogen (secondary N) is 1. The average molecular weight is 255 g/mol. The van der Waals surface area contributed by atoms with Gasteiger partial charge in [0.1, 0.15) is 0 Å². The fraction of sp³-hybridized carbons (Fsp3) is 0.929. The van der Waals surface area contributed by atoms with Crippen LogP contribution in [-0.4, -0.2) is 43.0 Å². The molecule has 0 bridgehead atoms. The van der Waals surface area contributed by atoms with Gasteiger partial charge in [-0.2, -0.15) is 0 Å². The first-order valence-corrected chi connectivity index (χ1v) is 7.17. The molecular weight excluding hydrogens is 226 g/mol. The van der Waals surface area contributed by atoms with Crippen LogP contribution in [0, 0.1) is 17.8 Å². The van der Waals surface area contributed by atoms with E-state index in [1.807, 2.05) is 13.8 Å². The third-order valence-electron chi connectivity index (χ3n) is 4.01. The van der Waals surface area contributed by atoms with E-state index >= 15 is 0 Å². The fourth-order valence-corrected chi connectivity index (χ4v) is 2.56. The molecule has 0 aromatic heterocycles. The maximum absolute atomic E-state index is 12.0. The summed E-state index contributed by atoms with van der Waals surface area (Å²) < 4.78 is 0. The van der Waals surface area contributed by atoms with Crippen molar-refractivity contribution in [2.75, 3.05) is 26.2 Å². The Morgan fingerprint density at radius 1 is 1.39 bits per heavy atom. The maximum atomic E-state index is 12.0.